The highest BCUT2D eigenvalue weighted by molar-refractivity contribution is 7.89. The molecule has 0 radical (unpaired) electrons. The molecule has 21 heavy (non-hydrogen) atoms. The Bertz CT molecular complexity index is 822. The third-order valence-electron chi connectivity index (χ3n) is 3.96. The summed E-state index contributed by atoms with van der Waals surface area (Å²) in [6.07, 6.45) is 2.18. The number of benzene rings is 1. The van der Waals surface area contributed by atoms with Gasteiger partial charge >= 0.3 is 5.97 Å². The first-order chi connectivity index (χ1) is 9.89. The fourth-order valence-electron chi connectivity index (χ4n) is 2.44. The predicted octanol–water partition coefficient (Wildman–Crippen LogP) is 1.47. The van der Waals surface area contributed by atoms with Gasteiger partial charge in [-0.1, -0.05) is 18.2 Å². The average molecular weight is 306 g/mol. The van der Waals surface area contributed by atoms with Gasteiger partial charge in [0.2, 0.25) is 10.0 Å². The monoisotopic (exact) mass is 306 g/mol. The molecule has 0 saturated heterocycles. The Balaban J connectivity index is 2.16. The van der Waals surface area contributed by atoms with Gasteiger partial charge in [0.1, 0.15) is 10.4 Å². The lowest BCUT2D eigenvalue weighted by Gasteiger charge is -2.24. The zero-order valence-corrected chi connectivity index (χ0v) is 12.2. The smallest absolute Gasteiger partial charge is 0.325 e. The molecule has 1 aromatic heterocycles. The SMILES string of the molecule is CN(C1(C(=O)O)CC1)S(=O)(=O)c1cccc2cccnc12. The third kappa shape index (κ3) is 2.00. The lowest BCUT2D eigenvalue weighted by Crippen LogP contribution is -2.44. The van der Waals surface area contributed by atoms with Gasteiger partial charge in [-0.2, -0.15) is 4.31 Å². The van der Waals surface area contributed by atoms with Gasteiger partial charge < -0.3 is 5.11 Å². The summed E-state index contributed by atoms with van der Waals surface area (Å²) in [6, 6.07) is 8.35. The summed E-state index contributed by atoms with van der Waals surface area (Å²) in [5.41, 5.74) is -0.955. The highest BCUT2D eigenvalue weighted by Crippen LogP contribution is 2.44. The minimum atomic E-state index is -3.92. The molecule has 1 N–H and O–H groups in total. The highest BCUT2D eigenvalue weighted by Gasteiger charge is 2.58. The van der Waals surface area contributed by atoms with Crippen molar-refractivity contribution in [3.63, 3.8) is 0 Å². The fourth-order valence-corrected chi connectivity index (χ4v) is 4.13. The van der Waals surface area contributed by atoms with Crippen LogP contribution in [0.2, 0.25) is 0 Å². The molecule has 1 aliphatic carbocycles. The van der Waals surface area contributed by atoms with Gasteiger partial charge in [-0.25, -0.2) is 8.42 Å². The minimum absolute atomic E-state index is 0.0376. The van der Waals surface area contributed by atoms with E-state index in [1.165, 1.54) is 19.3 Å². The van der Waals surface area contributed by atoms with E-state index in [0.717, 1.165) is 4.31 Å². The summed E-state index contributed by atoms with van der Waals surface area (Å²) in [5, 5.41) is 9.98. The predicted molar refractivity (Wildman–Crippen MR) is 76.3 cm³/mol. The Kier molecular flexibility index (Phi) is 3.00. The lowest BCUT2D eigenvalue weighted by atomic mass is 10.2. The topological polar surface area (TPSA) is 87.6 Å². The molecule has 7 heteroatoms. The molecule has 0 bridgehead atoms. The Morgan fingerprint density at radius 2 is 1.95 bits per heavy atom. The Hall–Kier alpha value is -1.99. The van der Waals surface area contributed by atoms with E-state index < -0.39 is 21.5 Å². The van der Waals surface area contributed by atoms with Gasteiger partial charge in [0.15, 0.2) is 0 Å². The van der Waals surface area contributed by atoms with Crippen molar-refractivity contribution in [2.75, 3.05) is 7.05 Å². The van der Waals surface area contributed by atoms with E-state index >= 15 is 0 Å². The van der Waals surface area contributed by atoms with E-state index in [9.17, 15) is 18.3 Å². The summed E-state index contributed by atoms with van der Waals surface area (Å²) in [6.45, 7) is 0. The van der Waals surface area contributed by atoms with Crippen LogP contribution in [-0.2, 0) is 14.8 Å². The van der Waals surface area contributed by atoms with Gasteiger partial charge in [-0.15, -0.1) is 0 Å². The summed E-state index contributed by atoms with van der Waals surface area (Å²) in [4.78, 5) is 15.5. The van der Waals surface area contributed by atoms with Crippen LogP contribution < -0.4 is 0 Å². The van der Waals surface area contributed by atoms with E-state index in [-0.39, 0.29) is 4.90 Å². The molecule has 1 aliphatic rings. The average Bonchev–Trinajstić information content (AvgIpc) is 3.27. The van der Waals surface area contributed by atoms with Gasteiger partial charge in [0, 0.05) is 18.6 Å². The van der Waals surface area contributed by atoms with Gasteiger partial charge in [-0.05, 0) is 25.0 Å². The lowest BCUT2D eigenvalue weighted by molar-refractivity contribution is -0.142. The summed E-state index contributed by atoms with van der Waals surface area (Å²) >= 11 is 0. The van der Waals surface area contributed by atoms with Crippen LogP contribution >= 0.6 is 0 Å². The van der Waals surface area contributed by atoms with Crippen molar-refractivity contribution in [3.8, 4) is 0 Å². The Labute approximate surface area is 122 Å². The molecule has 1 heterocycles. The maximum absolute atomic E-state index is 12.8. The van der Waals surface area contributed by atoms with E-state index in [2.05, 4.69) is 4.98 Å². The molecule has 0 atom stereocenters. The zero-order valence-electron chi connectivity index (χ0n) is 11.4. The minimum Gasteiger partial charge on any atom is -0.480 e. The van der Waals surface area contributed by atoms with E-state index in [1.807, 2.05) is 0 Å². The number of aromatic nitrogens is 1. The number of likely N-dealkylation sites (N-methyl/N-ethyl adjacent to an activating group) is 1. The third-order valence-corrected chi connectivity index (χ3v) is 5.91. The number of para-hydroxylation sites is 1. The molecule has 0 amide bonds. The number of aliphatic carboxylic acids is 1. The van der Waals surface area contributed by atoms with Crippen molar-refractivity contribution >= 4 is 26.9 Å². The van der Waals surface area contributed by atoms with Crippen molar-refractivity contribution in [2.24, 2.45) is 0 Å². The quantitative estimate of drug-likeness (QED) is 0.924. The number of carboxylic acids is 1. The molecule has 1 aromatic carbocycles. The van der Waals surface area contributed by atoms with Crippen molar-refractivity contribution in [2.45, 2.75) is 23.3 Å². The van der Waals surface area contributed by atoms with Crippen LogP contribution in [-0.4, -0.2) is 41.4 Å². The standard InChI is InChI=1S/C14H14N2O4S/c1-16(14(7-8-14)13(17)18)21(19,20)11-6-2-4-10-5-3-9-15-12(10)11/h2-6,9H,7-8H2,1H3,(H,17,18). The van der Waals surface area contributed by atoms with Crippen molar-refractivity contribution in [1.29, 1.82) is 0 Å². The first-order valence-electron chi connectivity index (χ1n) is 6.46. The van der Waals surface area contributed by atoms with Crippen LogP contribution in [0, 0.1) is 0 Å². The van der Waals surface area contributed by atoms with Crippen molar-refractivity contribution < 1.29 is 18.3 Å². The molecular formula is C14H14N2O4S. The molecule has 3 rings (SSSR count). The number of nitrogens with zero attached hydrogens (tertiary/aromatic N) is 2. The molecule has 110 valence electrons. The fraction of sp³-hybridized carbons (Fsp3) is 0.286. The number of hydrogen-bond acceptors (Lipinski definition) is 4. The van der Waals surface area contributed by atoms with Crippen LogP contribution in [0.1, 0.15) is 12.8 Å². The largest absolute Gasteiger partial charge is 0.480 e. The second kappa shape index (κ2) is 4.51. The second-order valence-corrected chi connectivity index (χ2v) is 7.08. The molecule has 0 unspecified atom stereocenters. The Morgan fingerprint density at radius 3 is 2.57 bits per heavy atom. The van der Waals surface area contributed by atoms with Gasteiger partial charge in [-0.3, -0.25) is 9.78 Å². The van der Waals surface area contributed by atoms with Crippen molar-refractivity contribution in [3.05, 3.63) is 36.5 Å². The summed E-state index contributed by atoms with van der Waals surface area (Å²) in [7, 11) is -2.60. The summed E-state index contributed by atoms with van der Waals surface area (Å²) in [5.74, 6) is -1.11. The van der Waals surface area contributed by atoms with E-state index in [4.69, 9.17) is 0 Å². The molecular weight excluding hydrogens is 292 g/mol. The molecule has 2 aromatic rings. The Morgan fingerprint density at radius 1 is 1.29 bits per heavy atom. The second-order valence-electron chi connectivity index (χ2n) is 5.14. The normalized spacial score (nSPS) is 17.0. The number of pyridine rings is 1. The van der Waals surface area contributed by atoms with Gasteiger partial charge in [0.05, 0.1) is 5.52 Å². The number of carboxylic acid groups (broad SMARTS) is 1. The maximum atomic E-state index is 12.8. The number of carbonyl (C=O) groups is 1. The van der Waals surface area contributed by atoms with Crippen LogP contribution in [0.3, 0.4) is 0 Å². The van der Waals surface area contributed by atoms with E-state index in [1.54, 1.807) is 24.3 Å². The zero-order chi connectivity index (χ0) is 15.3. The first kappa shape index (κ1) is 14.0. The molecule has 0 aliphatic heterocycles. The van der Waals surface area contributed by atoms with Crippen LogP contribution in [0.5, 0.6) is 0 Å². The van der Waals surface area contributed by atoms with Gasteiger partial charge in [0.25, 0.3) is 0 Å². The molecule has 0 spiro atoms. The maximum Gasteiger partial charge on any atom is 0.325 e. The highest BCUT2D eigenvalue weighted by atomic mass is 32.2. The molecule has 6 nitrogen and oxygen atoms in total. The number of sulfonamides is 1. The molecule has 1 saturated carbocycles. The van der Waals surface area contributed by atoms with Crippen molar-refractivity contribution in [1.82, 2.24) is 9.29 Å². The number of rotatable bonds is 4. The first-order valence-corrected chi connectivity index (χ1v) is 7.90. The van der Waals surface area contributed by atoms with Crippen LogP contribution in [0.4, 0.5) is 0 Å². The van der Waals surface area contributed by atoms with E-state index in [0.29, 0.717) is 23.7 Å². The summed E-state index contributed by atoms with van der Waals surface area (Å²) < 4.78 is 26.5. The number of fused-ring (bicyclic) bond motifs is 1. The number of hydrogen-bond donors (Lipinski definition) is 1. The molecule has 1 fully saturated rings. The van der Waals surface area contributed by atoms with Crippen LogP contribution in [0.25, 0.3) is 10.9 Å². The van der Waals surface area contributed by atoms with Crippen LogP contribution in [0.15, 0.2) is 41.4 Å².